The van der Waals surface area contributed by atoms with Crippen LogP contribution in [0.1, 0.15) is 25.3 Å². The first-order valence-electron chi connectivity index (χ1n) is 7.64. The molecule has 3 heteroatoms. The first kappa shape index (κ1) is 14.1. The predicted octanol–water partition coefficient (Wildman–Crippen LogP) is 3.71. The Morgan fingerprint density at radius 1 is 1.05 bits per heavy atom. The van der Waals surface area contributed by atoms with Gasteiger partial charge in [0.25, 0.3) is 0 Å². The first-order valence-corrected chi connectivity index (χ1v) is 7.64. The van der Waals surface area contributed by atoms with Gasteiger partial charge in [-0.05, 0) is 29.7 Å². The summed E-state index contributed by atoms with van der Waals surface area (Å²) in [6, 6.07) is 12.9. The molecule has 1 aliphatic rings. The fourth-order valence-electron chi connectivity index (χ4n) is 2.78. The van der Waals surface area contributed by atoms with Gasteiger partial charge in [-0.15, -0.1) is 0 Å². The lowest BCUT2D eigenvalue weighted by molar-refractivity contribution is 0.122. The molecule has 0 amide bonds. The number of pyridine rings is 1. The molecule has 2 heterocycles. The number of anilines is 1. The number of ether oxygens (including phenoxy) is 1. The molecule has 0 aliphatic carbocycles. The van der Waals surface area contributed by atoms with Crippen molar-refractivity contribution < 1.29 is 4.74 Å². The van der Waals surface area contributed by atoms with Crippen LogP contribution in [-0.4, -0.2) is 31.3 Å². The van der Waals surface area contributed by atoms with Crippen LogP contribution in [0, 0.1) is 0 Å². The van der Waals surface area contributed by atoms with Crippen LogP contribution in [0.4, 0.5) is 5.69 Å². The van der Waals surface area contributed by atoms with Gasteiger partial charge in [0.15, 0.2) is 0 Å². The topological polar surface area (TPSA) is 25.4 Å². The van der Waals surface area contributed by atoms with Crippen molar-refractivity contribution in [3.8, 4) is 11.3 Å². The van der Waals surface area contributed by atoms with Gasteiger partial charge in [-0.3, -0.25) is 4.98 Å². The molecular weight excluding hydrogens is 260 g/mol. The number of morpholine rings is 1. The molecule has 21 heavy (non-hydrogen) atoms. The fraction of sp³-hybridized carbons (Fsp3) is 0.389. The molecule has 0 bridgehead atoms. The number of hydrogen-bond donors (Lipinski definition) is 0. The summed E-state index contributed by atoms with van der Waals surface area (Å²) in [5, 5.41) is 0. The van der Waals surface area contributed by atoms with Crippen molar-refractivity contribution in [2.24, 2.45) is 0 Å². The maximum absolute atomic E-state index is 5.40. The van der Waals surface area contributed by atoms with Gasteiger partial charge < -0.3 is 9.64 Å². The van der Waals surface area contributed by atoms with Gasteiger partial charge in [-0.1, -0.05) is 32.0 Å². The molecule has 1 saturated heterocycles. The van der Waals surface area contributed by atoms with Crippen LogP contribution >= 0.6 is 0 Å². The zero-order valence-electron chi connectivity index (χ0n) is 12.7. The molecule has 2 aromatic rings. The Morgan fingerprint density at radius 2 is 1.76 bits per heavy atom. The Hall–Kier alpha value is -1.87. The Labute approximate surface area is 126 Å². The highest BCUT2D eigenvalue weighted by atomic mass is 16.5. The SMILES string of the molecule is CC(C)c1cccnc1-c1ccc(N2CCOCC2)cc1. The van der Waals surface area contributed by atoms with Crippen molar-refractivity contribution in [1.29, 1.82) is 0 Å². The minimum atomic E-state index is 0.479. The molecule has 0 unspecified atom stereocenters. The van der Waals surface area contributed by atoms with Crippen molar-refractivity contribution in [1.82, 2.24) is 4.98 Å². The third-order valence-electron chi connectivity index (χ3n) is 3.98. The quantitative estimate of drug-likeness (QED) is 0.858. The largest absolute Gasteiger partial charge is 0.378 e. The second kappa shape index (κ2) is 6.27. The van der Waals surface area contributed by atoms with Crippen LogP contribution in [0.25, 0.3) is 11.3 Å². The average Bonchev–Trinajstić information content (AvgIpc) is 2.56. The lowest BCUT2D eigenvalue weighted by Crippen LogP contribution is -2.36. The number of rotatable bonds is 3. The molecule has 110 valence electrons. The molecule has 3 nitrogen and oxygen atoms in total. The van der Waals surface area contributed by atoms with Crippen LogP contribution in [0.3, 0.4) is 0 Å². The van der Waals surface area contributed by atoms with Crippen LogP contribution in [0.2, 0.25) is 0 Å². The molecular formula is C18H22N2O. The van der Waals surface area contributed by atoms with Crippen molar-refractivity contribution in [2.45, 2.75) is 19.8 Å². The molecule has 1 aromatic heterocycles. The van der Waals surface area contributed by atoms with Gasteiger partial charge >= 0.3 is 0 Å². The monoisotopic (exact) mass is 282 g/mol. The molecule has 0 atom stereocenters. The molecule has 3 rings (SSSR count). The van der Waals surface area contributed by atoms with E-state index in [2.05, 4.69) is 54.1 Å². The van der Waals surface area contributed by atoms with E-state index in [9.17, 15) is 0 Å². The second-order valence-electron chi connectivity index (χ2n) is 5.74. The first-order chi connectivity index (χ1) is 10.3. The zero-order chi connectivity index (χ0) is 14.7. The molecule has 0 N–H and O–H groups in total. The molecule has 0 radical (unpaired) electrons. The minimum Gasteiger partial charge on any atom is -0.378 e. The van der Waals surface area contributed by atoms with E-state index in [1.807, 2.05) is 12.3 Å². The number of hydrogen-bond acceptors (Lipinski definition) is 3. The summed E-state index contributed by atoms with van der Waals surface area (Å²) in [6.07, 6.45) is 1.87. The normalized spacial score (nSPS) is 15.5. The minimum absolute atomic E-state index is 0.479. The van der Waals surface area contributed by atoms with Crippen molar-refractivity contribution in [2.75, 3.05) is 31.2 Å². The van der Waals surface area contributed by atoms with E-state index in [0.717, 1.165) is 32.0 Å². The summed E-state index contributed by atoms with van der Waals surface area (Å²) in [5.41, 5.74) is 4.86. The highest BCUT2D eigenvalue weighted by Gasteiger charge is 2.13. The number of benzene rings is 1. The number of nitrogens with zero attached hydrogens (tertiary/aromatic N) is 2. The summed E-state index contributed by atoms with van der Waals surface area (Å²) in [5.74, 6) is 0.479. The summed E-state index contributed by atoms with van der Waals surface area (Å²) < 4.78 is 5.40. The van der Waals surface area contributed by atoms with Gasteiger partial charge in [0.05, 0.1) is 18.9 Å². The lowest BCUT2D eigenvalue weighted by Gasteiger charge is -2.29. The summed E-state index contributed by atoms with van der Waals surface area (Å²) >= 11 is 0. The van der Waals surface area contributed by atoms with Gasteiger partial charge in [-0.2, -0.15) is 0 Å². The molecule has 1 aliphatic heterocycles. The van der Waals surface area contributed by atoms with E-state index in [-0.39, 0.29) is 0 Å². The van der Waals surface area contributed by atoms with Crippen molar-refractivity contribution in [3.05, 3.63) is 48.2 Å². The van der Waals surface area contributed by atoms with Gasteiger partial charge in [0.2, 0.25) is 0 Å². The molecule has 0 saturated carbocycles. The van der Waals surface area contributed by atoms with E-state index in [4.69, 9.17) is 4.74 Å². The Bertz CT molecular complexity index is 586. The second-order valence-corrected chi connectivity index (χ2v) is 5.74. The zero-order valence-corrected chi connectivity index (χ0v) is 12.7. The van der Waals surface area contributed by atoms with E-state index in [0.29, 0.717) is 5.92 Å². The maximum Gasteiger partial charge on any atom is 0.0736 e. The summed E-state index contributed by atoms with van der Waals surface area (Å²) in [7, 11) is 0. The molecule has 0 spiro atoms. The van der Waals surface area contributed by atoms with E-state index in [1.165, 1.54) is 16.8 Å². The van der Waals surface area contributed by atoms with Crippen LogP contribution in [0.5, 0.6) is 0 Å². The van der Waals surface area contributed by atoms with Crippen molar-refractivity contribution in [3.63, 3.8) is 0 Å². The Balaban J connectivity index is 1.87. The summed E-state index contributed by atoms with van der Waals surface area (Å²) in [6.45, 7) is 8.00. The standard InChI is InChI=1S/C18H22N2O/c1-14(2)17-4-3-9-19-18(17)15-5-7-16(8-6-15)20-10-12-21-13-11-20/h3-9,14H,10-13H2,1-2H3. The maximum atomic E-state index is 5.40. The smallest absolute Gasteiger partial charge is 0.0736 e. The Morgan fingerprint density at radius 3 is 2.43 bits per heavy atom. The van der Waals surface area contributed by atoms with Crippen molar-refractivity contribution >= 4 is 5.69 Å². The van der Waals surface area contributed by atoms with Gasteiger partial charge in [0, 0.05) is 30.5 Å². The average molecular weight is 282 g/mol. The van der Waals surface area contributed by atoms with Crippen LogP contribution in [-0.2, 0) is 4.74 Å². The third kappa shape index (κ3) is 3.08. The number of aromatic nitrogens is 1. The van der Waals surface area contributed by atoms with Gasteiger partial charge in [0.1, 0.15) is 0 Å². The van der Waals surface area contributed by atoms with E-state index >= 15 is 0 Å². The van der Waals surface area contributed by atoms with Crippen LogP contribution in [0.15, 0.2) is 42.6 Å². The van der Waals surface area contributed by atoms with E-state index < -0.39 is 0 Å². The van der Waals surface area contributed by atoms with Gasteiger partial charge in [-0.25, -0.2) is 0 Å². The third-order valence-corrected chi connectivity index (χ3v) is 3.98. The highest BCUT2D eigenvalue weighted by molar-refractivity contribution is 5.66. The van der Waals surface area contributed by atoms with E-state index in [1.54, 1.807) is 0 Å². The molecule has 1 aromatic carbocycles. The fourth-order valence-corrected chi connectivity index (χ4v) is 2.78. The van der Waals surface area contributed by atoms with Crippen LogP contribution < -0.4 is 4.90 Å². The lowest BCUT2D eigenvalue weighted by atomic mass is 9.97. The Kier molecular flexibility index (Phi) is 4.20. The molecule has 1 fully saturated rings. The highest BCUT2D eigenvalue weighted by Crippen LogP contribution is 2.28. The summed E-state index contributed by atoms with van der Waals surface area (Å²) in [4.78, 5) is 6.95. The predicted molar refractivity (Wildman–Crippen MR) is 86.8 cm³/mol.